The highest BCUT2D eigenvalue weighted by Crippen LogP contribution is 2.20. The summed E-state index contributed by atoms with van der Waals surface area (Å²) in [6.07, 6.45) is 0.166. The highest BCUT2D eigenvalue weighted by Gasteiger charge is 2.28. The Kier molecular flexibility index (Phi) is 7.88. The van der Waals surface area contributed by atoms with Gasteiger partial charge in [-0.2, -0.15) is 0 Å². The van der Waals surface area contributed by atoms with Crippen molar-refractivity contribution in [2.45, 2.75) is 25.6 Å². The van der Waals surface area contributed by atoms with Gasteiger partial charge in [-0.15, -0.1) is 0 Å². The van der Waals surface area contributed by atoms with E-state index in [0.717, 1.165) is 12.7 Å². The van der Waals surface area contributed by atoms with Gasteiger partial charge >= 0.3 is 5.97 Å². The van der Waals surface area contributed by atoms with Crippen LogP contribution in [0.15, 0.2) is 60.8 Å². The Morgan fingerprint density at radius 2 is 1.82 bits per heavy atom. The van der Waals surface area contributed by atoms with Crippen LogP contribution in [0.4, 0.5) is 5.82 Å². The third kappa shape index (κ3) is 5.93. The van der Waals surface area contributed by atoms with Crippen molar-refractivity contribution >= 4 is 23.6 Å². The molecule has 0 fully saturated rings. The van der Waals surface area contributed by atoms with Gasteiger partial charge in [-0.1, -0.05) is 42.5 Å². The van der Waals surface area contributed by atoms with Crippen LogP contribution in [-0.2, 0) is 16.1 Å². The second kappa shape index (κ2) is 11.0. The number of nitrogens with two attached hydrogens (primary N) is 1. The number of aliphatic hydroxyl groups is 1. The van der Waals surface area contributed by atoms with Crippen LogP contribution in [-0.4, -0.2) is 52.1 Å². The average molecular weight is 463 g/mol. The molecule has 0 aliphatic heterocycles. The fourth-order valence-corrected chi connectivity index (χ4v) is 3.12. The Bertz CT molecular complexity index is 1180. The maximum atomic E-state index is 12.7. The summed E-state index contributed by atoms with van der Waals surface area (Å²) in [5.41, 5.74) is 7.79. The number of carbonyl (C=O) groups excluding carboxylic acids is 3. The molecule has 2 unspecified atom stereocenters. The number of nitrogens with one attached hydrogen (secondary N) is 2. The number of benzene rings is 2. The summed E-state index contributed by atoms with van der Waals surface area (Å²) in [6.45, 7) is 1.71. The molecule has 0 bridgehead atoms. The number of anilines is 1. The number of nitrogen functional groups attached to an aromatic ring is 1. The SMILES string of the molecule is COC(=O)C(NC(=O)c1nc(-c2cccc(C(=O)NCc3ccccc3)c2)cnc1N)C(C)O. The number of carbonyl (C=O) groups is 3. The fourth-order valence-electron chi connectivity index (χ4n) is 3.12. The molecule has 34 heavy (non-hydrogen) atoms. The van der Waals surface area contributed by atoms with Crippen LogP contribution in [0.2, 0.25) is 0 Å². The number of hydrogen-bond acceptors (Lipinski definition) is 8. The van der Waals surface area contributed by atoms with Crippen LogP contribution in [0.5, 0.6) is 0 Å². The highest BCUT2D eigenvalue weighted by molar-refractivity contribution is 5.99. The topological polar surface area (TPSA) is 157 Å². The van der Waals surface area contributed by atoms with Gasteiger partial charge in [0, 0.05) is 17.7 Å². The Morgan fingerprint density at radius 1 is 1.09 bits per heavy atom. The summed E-state index contributed by atoms with van der Waals surface area (Å²) < 4.78 is 4.60. The molecule has 176 valence electrons. The standard InChI is InChI=1S/C24H25N5O5/c1-14(30)19(24(33)34-2)29-23(32)20-21(25)26-13-18(28-20)16-9-6-10-17(11-16)22(31)27-12-15-7-4-3-5-8-15/h3-11,13-14,19,30H,12H2,1-2H3,(H2,25,26)(H,27,31)(H,29,32). The van der Waals surface area contributed by atoms with Crippen LogP contribution in [0, 0.1) is 0 Å². The number of esters is 1. The Balaban J connectivity index is 1.80. The fraction of sp³-hybridized carbons (Fsp3) is 0.208. The second-order valence-electron chi connectivity index (χ2n) is 7.45. The van der Waals surface area contributed by atoms with Crippen LogP contribution < -0.4 is 16.4 Å². The maximum Gasteiger partial charge on any atom is 0.331 e. The van der Waals surface area contributed by atoms with Crippen molar-refractivity contribution in [2.75, 3.05) is 12.8 Å². The smallest absolute Gasteiger partial charge is 0.331 e. The van der Waals surface area contributed by atoms with E-state index in [2.05, 4.69) is 25.3 Å². The molecule has 10 nitrogen and oxygen atoms in total. The molecule has 0 saturated carbocycles. The lowest BCUT2D eigenvalue weighted by atomic mass is 10.1. The number of hydrogen-bond donors (Lipinski definition) is 4. The first-order valence-electron chi connectivity index (χ1n) is 10.4. The van der Waals surface area contributed by atoms with E-state index < -0.39 is 24.0 Å². The van der Waals surface area contributed by atoms with Crippen LogP contribution in [0.25, 0.3) is 11.3 Å². The number of amides is 2. The van der Waals surface area contributed by atoms with Gasteiger partial charge < -0.3 is 26.2 Å². The molecule has 0 saturated heterocycles. The van der Waals surface area contributed by atoms with Gasteiger partial charge in [-0.3, -0.25) is 9.59 Å². The van der Waals surface area contributed by atoms with E-state index in [1.54, 1.807) is 24.3 Å². The van der Waals surface area contributed by atoms with Gasteiger partial charge in [-0.25, -0.2) is 14.8 Å². The minimum absolute atomic E-state index is 0.160. The molecule has 1 aromatic heterocycles. The number of rotatable bonds is 8. The molecule has 0 spiro atoms. The molecule has 2 amide bonds. The monoisotopic (exact) mass is 463 g/mol. The predicted octanol–water partition coefficient (Wildman–Crippen LogP) is 1.31. The molecule has 10 heteroatoms. The van der Waals surface area contributed by atoms with E-state index in [9.17, 15) is 19.5 Å². The van der Waals surface area contributed by atoms with Crippen LogP contribution >= 0.6 is 0 Å². The van der Waals surface area contributed by atoms with Crippen molar-refractivity contribution < 1.29 is 24.2 Å². The first-order valence-corrected chi connectivity index (χ1v) is 10.4. The molecule has 1 heterocycles. The zero-order valence-corrected chi connectivity index (χ0v) is 18.7. The van der Waals surface area contributed by atoms with Crippen molar-refractivity contribution in [1.82, 2.24) is 20.6 Å². The molecule has 5 N–H and O–H groups in total. The van der Waals surface area contributed by atoms with Crippen LogP contribution in [0.3, 0.4) is 0 Å². The molecule has 2 aromatic carbocycles. The summed E-state index contributed by atoms with van der Waals surface area (Å²) in [4.78, 5) is 45.4. The summed E-state index contributed by atoms with van der Waals surface area (Å²) in [7, 11) is 1.14. The van der Waals surface area contributed by atoms with Gasteiger partial charge in [0.15, 0.2) is 17.6 Å². The zero-order valence-electron chi connectivity index (χ0n) is 18.7. The van der Waals surface area contributed by atoms with Crippen molar-refractivity contribution in [2.24, 2.45) is 0 Å². The second-order valence-corrected chi connectivity index (χ2v) is 7.45. The van der Waals surface area contributed by atoms with Gasteiger partial charge in [0.05, 0.1) is 25.1 Å². The minimum Gasteiger partial charge on any atom is -0.467 e. The number of aliphatic hydroxyl groups excluding tert-OH is 1. The van der Waals surface area contributed by atoms with E-state index in [0.29, 0.717) is 23.4 Å². The number of ether oxygens (including phenoxy) is 1. The molecular formula is C24H25N5O5. The normalized spacial score (nSPS) is 12.3. The molecule has 3 aromatic rings. The third-order valence-electron chi connectivity index (χ3n) is 4.96. The highest BCUT2D eigenvalue weighted by atomic mass is 16.5. The van der Waals surface area contributed by atoms with E-state index in [4.69, 9.17) is 5.73 Å². The molecular weight excluding hydrogens is 438 g/mol. The van der Waals surface area contributed by atoms with E-state index in [-0.39, 0.29) is 17.4 Å². The van der Waals surface area contributed by atoms with Crippen molar-refractivity contribution in [1.29, 1.82) is 0 Å². The molecule has 0 aliphatic carbocycles. The predicted molar refractivity (Wildman–Crippen MR) is 124 cm³/mol. The molecule has 0 radical (unpaired) electrons. The largest absolute Gasteiger partial charge is 0.467 e. The summed E-state index contributed by atoms with van der Waals surface area (Å²) in [6, 6.07) is 14.9. The Labute approximate surface area is 196 Å². The maximum absolute atomic E-state index is 12.7. The quantitative estimate of drug-likeness (QED) is 0.364. The Morgan fingerprint density at radius 3 is 2.50 bits per heavy atom. The van der Waals surface area contributed by atoms with Crippen molar-refractivity contribution in [3.63, 3.8) is 0 Å². The molecule has 3 rings (SSSR count). The summed E-state index contributed by atoms with van der Waals surface area (Å²) in [5, 5.41) is 15.0. The number of nitrogens with zero attached hydrogens (tertiary/aromatic N) is 2. The van der Waals surface area contributed by atoms with Gasteiger partial charge in [0.2, 0.25) is 0 Å². The van der Waals surface area contributed by atoms with Gasteiger partial charge in [0.1, 0.15) is 0 Å². The lowest BCUT2D eigenvalue weighted by Gasteiger charge is -2.19. The van der Waals surface area contributed by atoms with Gasteiger partial charge in [0.25, 0.3) is 11.8 Å². The third-order valence-corrected chi connectivity index (χ3v) is 4.96. The van der Waals surface area contributed by atoms with Crippen molar-refractivity contribution in [3.05, 3.63) is 77.6 Å². The number of aromatic nitrogens is 2. The lowest BCUT2D eigenvalue weighted by molar-refractivity contribution is -0.145. The van der Waals surface area contributed by atoms with Crippen molar-refractivity contribution in [3.8, 4) is 11.3 Å². The molecule has 2 atom stereocenters. The summed E-state index contributed by atoms with van der Waals surface area (Å²) in [5.74, 6) is -2.06. The number of methoxy groups -OCH3 is 1. The van der Waals surface area contributed by atoms with E-state index in [1.807, 2.05) is 30.3 Å². The van der Waals surface area contributed by atoms with Crippen LogP contribution in [0.1, 0.15) is 33.3 Å². The Hall–Kier alpha value is -4.31. The first kappa shape index (κ1) is 24.3. The zero-order chi connectivity index (χ0) is 24.7. The molecule has 0 aliphatic rings. The minimum atomic E-state index is -1.31. The van der Waals surface area contributed by atoms with E-state index in [1.165, 1.54) is 13.1 Å². The first-order chi connectivity index (χ1) is 16.3. The average Bonchev–Trinajstić information content (AvgIpc) is 2.86. The lowest BCUT2D eigenvalue weighted by Crippen LogP contribution is -2.48. The van der Waals surface area contributed by atoms with Gasteiger partial charge in [-0.05, 0) is 24.6 Å². The van der Waals surface area contributed by atoms with E-state index >= 15 is 0 Å². The summed E-state index contributed by atoms with van der Waals surface area (Å²) >= 11 is 0.